The largest absolute Gasteiger partial charge is 0.296 e. The Morgan fingerprint density at radius 2 is 2.12 bits per heavy atom. The van der Waals surface area contributed by atoms with Gasteiger partial charge in [0.2, 0.25) is 9.93 Å². The van der Waals surface area contributed by atoms with Crippen LogP contribution >= 0.6 is 11.3 Å². The molecule has 0 unspecified atom stereocenters. The van der Waals surface area contributed by atoms with E-state index in [0.717, 1.165) is 4.80 Å². The fourth-order valence-electron chi connectivity index (χ4n) is 1.35. The molecule has 2 rings (SSSR count). The van der Waals surface area contributed by atoms with Crippen LogP contribution in [0.5, 0.6) is 0 Å². The van der Waals surface area contributed by atoms with Crippen LogP contribution in [0.15, 0.2) is 35.3 Å². The van der Waals surface area contributed by atoms with Crippen molar-refractivity contribution < 1.29 is 4.79 Å². The van der Waals surface area contributed by atoms with E-state index in [1.54, 1.807) is 30.9 Å². The average Bonchev–Trinajstić information content (AvgIpc) is 2.70. The highest BCUT2D eigenvalue weighted by Crippen LogP contribution is 2.08. The van der Waals surface area contributed by atoms with Crippen molar-refractivity contribution in [3.8, 4) is 0 Å². The second kappa shape index (κ2) is 4.92. The van der Waals surface area contributed by atoms with Gasteiger partial charge in [-0.25, -0.2) is 4.68 Å². The number of nitrogens with one attached hydrogen (secondary N) is 1. The predicted molar refractivity (Wildman–Crippen MR) is 67.0 cm³/mol. The number of amides is 1. The van der Waals surface area contributed by atoms with Crippen LogP contribution in [0.4, 0.5) is 5.13 Å². The number of anilines is 1. The maximum absolute atomic E-state index is 11.8. The molecule has 0 aliphatic heterocycles. The lowest BCUT2D eigenvalue weighted by atomic mass is 10.2. The van der Waals surface area contributed by atoms with Gasteiger partial charge in [-0.1, -0.05) is 29.5 Å². The molecule has 0 atom stereocenters. The molecule has 1 amide bonds. The van der Waals surface area contributed by atoms with Gasteiger partial charge in [0.05, 0.1) is 0 Å². The predicted octanol–water partition coefficient (Wildman–Crippen LogP) is 1.26. The van der Waals surface area contributed by atoms with Crippen molar-refractivity contribution in [2.75, 3.05) is 12.4 Å². The lowest BCUT2D eigenvalue weighted by Gasteiger charge is -1.99. The van der Waals surface area contributed by atoms with E-state index in [4.69, 9.17) is 0 Å². The topological polar surface area (TPSA) is 59.3 Å². The smallest absolute Gasteiger partial charge is 0.257 e. The standard InChI is InChI=1S/C11H12N4OS/c1-12-11-15(2)14-10(17-11)13-9(16)8-6-4-3-5-7-8/h3-7H,1-2H3,(H,13,14,16). The van der Waals surface area contributed by atoms with Crippen molar-refractivity contribution >= 4 is 22.4 Å². The van der Waals surface area contributed by atoms with Gasteiger partial charge in [-0.05, 0) is 12.1 Å². The van der Waals surface area contributed by atoms with E-state index in [9.17, 15) is 4.79 Å². The first-order chi connectivity index (χ1) is 8.20. The molecular weight excluding hydrogens is 236 g/mol. The number of carbonyl (C=O) groups excluding carboxylic acids is 1. The molecule has 0 spiro atoms. The minimum absolute atomic E-state index is 0.164. The van der Waals surface area contributed by atoms with Gasteiger partial charge < -0.3 is 0 Å². The molecule has 17 heavy (non-hydrogen) atoms. The second-order valence-electron chi connectivity index (χ2n) is 3.36. The van der Waals surface area contributed by atoms with Crippen molar-refractivity contribution in [2.45, 2.75) is 0 Å². The molecule has 6 heteroatoms. The summed E-state index contributed by atoms with van der Waals surface area (Å²) in [7, 11) is 3.48. The Balaban J connectivity index is 2.19. The Bertz CT molecular complexity index is 585. The molecular formula is C11H12N4OS. The number of hydrogen-bond donors (Lipinski definition) is 1. The molecule has 0 aliphatic rings. The van der Waals surface area contributed by atoms with Crippen LogP contribution in [0.2, 0.25) is 0 Å². The molecule has 2 aromatic rings. The number of nitrogens with zero attached hydrogens (tertiary/aromatic N) is 3. The number of aryl methyl sites for hydroxylation is 1. The van der Waals surface area contributed by atoms with Gasteiger partial charge in [-0.3, -0.25) is 15.1 Å². The van der Waals surface area contributed by atoms with Gasteiger partial charge in [-0.2, -0.15) is 0 Å². The molecule has 0 aliphatic carbocycles. The number of rotatable bonds is 2. The molecule has 0 radical (unpaired) electrons. The Labute approximate surface area is 102 Å². The van der Waals surface area contributed by atoms with E-state index < -0.39 is 0 Å². The van der Waals surface area contributed by atoms with E-state index >= 15 is 0 Å². The molecule has 1 aromatic carbocycles. The Hall–Kier alpha value is -1.95. The maximum atomic E-state index is 11.8. The van der Waals surface area contributed by atoms with Crippen LogP contribution in [-0.4, -0.2) is 22.7 Å². The van der Waals surface area contributed by atoms with Crippen molar-refractivity contribution in [1.82, 2.24) is 9.78 Å². The molecule has 1 heterocycles. The summed E-state index contributed by atoms with van der Waals surface area (Å²) >= 11 is 1.34. The number of hydrogen-bond acceptors (Lipinski definition) is 4. The summed E-state index contributed by atoms with van der Waals surface area (Å²) < 4.78 is 1.63. The fourth-order valence-corrected chi connectivity index (χ4v) is 2.10. The van der Waals surface area contributed by atoms with Crippen molar-refractivity contribution in [2.24, 2.45) is 12.0 Å². The third-order valence-corrected chi connectivity index (χ3v) is 3.16. The van der Waals surface area contributed by atoms with Crippen LogP contribution < -0.4 is 10.1 Å². The SMILES string of the molecule is CN=c1sc(NC(=O)c2ccccc2)nn1C. The van der Waals surface area contributed by atoms with Gasteiger partial charge in [-0.15, -0.1) is 5.10 Å². The zero-order valence-electron chi connectivity index (χ0n) is 9.54. The Morgan fingerprint density at radius 3 is 2.71 bits per heavy atom. The number of carbonyl (C=O) groups is 1. The van der Waals surface area contributed by atoms with Crippen molar-refractivity contribution in [3.05, 3.63) is 40.7 Å². The highest BCUT2D eigenvalue weighted by atomic mass is 32.1. The Kier molecular flexibility index (Phi) is 3.34. The lowest BCUT2D eigenvalue weighted by Crippen LogP contribution is -2.12. The van der Waals surface area contributed by atoms with Gasteiger partial charge >= 0.3 is 0 Å². The van der Waals surface area contributed by atoms with E-state index in [0.29, 0.717) is 10.7 Å². The zero-order valence-corrected chi connectivity index (χ0v) is 10.4. The second-order valence-corrected chi connectivity index (χ2v) is 4.31. The molecule has 0 saturated heterocycles. The molecule has 0 fully saturated rings. The molecule has 5 nitrogen and oxygen atoms in total. The van der Waals surface area contributed by atoms with Crippen LogP contribution in [0.1, 0.15) is 10.4 Å². The first-order valence-corrected chi connectivity index (χ1v) is 5.85. The molecule has 88 valence electrons. The molecule has 0 saturated carbocycles. The van der Waals surface area contributed by atoms with Crippen molar-refractivity contribution in [1.29, 1.82) is 0 Å². The first-order valence-electron chi connectivity index (χ1n) is 5.04. The quantitative estimate of drug-likeness (QED) is 0.870. The van der Waals surface area contributed by atoms with Crippen molar-refractivity contribution in [3.63, 3.8) is 0 Å². The van der Waals surface area contributed by atoms with E-state index in [1.165, 1.54) is 11.3 Å². The minimum atomic E-state index is -0.164. The van der Waals surface area contributed by atoms with E-state index in [2.05, 4.69) is 15.4 Å². The highest BCUT2D eigenvalue weighted by Gasteiger charge is 2.08. The van der Waals surface area contributed by atoms with E-state index in [-0.39, 0.29) is 5.91 Å². The third-order valence-electron chi connectivity index (χ3n) is 2.15. The van der Waals surface area contributed by atoms with Crippen LogP contribution in [0.3, 0.4) is 0 Å². The summed E-state index contributed by atoms with van der Waals surface area (Å²) in [5.74, 6) is -0.164. The monoisotopic (exact) mass is 248 g/mol. The Morgan fingerprint density at radius 1 is 1.41 bits per heavy atom. The van der Waals surface area contributed by atoms with Gasteiger partial charge in [0, 0.05) is 19.7 Å². The fraction of sp³-hybridized carbons (Fsp3) is 0.182. The molecule has 1 N–H and O–H groups in total. The lowest BCUT2D eigenvalue weighted by molar-refractivity contribution is 0.102. The normalized spacial score (nSPS) is 11.5. The summed E-state index contributed by atoms with van der Waals surface area (Å²) in [4.78, 5) is 16.6. The molecule has 1 aromatic heterocycles. The van der Waals surface area contributed by atoms with Crippen LogP contribution in [-0.2, 0) is 7.05 Å². The highest BCUT2D eigenvalue weighted by molar-refractivity contribution is 7.13. The molecule has 0 bridgehead atoms. The summed E-state index contributed by atoms with van der Waals surface area (Å²) in [5.41, 5.74) is 0.611. The van der Waals surface area contributed by atoms with Gasteiger partial charge in [0.1, 0.15) is 0 Å². The zero-order chi connectivity index (χ0) is 12.3. The van der Waals surface area contributed by atoms with Crippen LogP contribution in [0, 0.1) is 0 Å². The summed E-state index contributed by atoms with van der Waals surface area (Å²) in [6.45, 7) is 0. The third kappa shape index (κ3) is 2.59. The number of benzene rings is 1. The van der Waals surface area contributed by atoms with Gasteiger partial charge in [0.25, 0.3) is 5.91 Å². The summed E-state index contributed by atoms with van der Waals surface area (Å²) in [5, 5.41) is 7.44. The number of aromatic nitrogens is 2. The van der Waals surface area contributed by atoms with Crippen LogP contribution in [0.25, 0.3) is 0 Å². The summed E-state index contributed by atoms with van der Waals surface area (Å²) in [6.07, 6.45) is 0. The first kappa shape index (κ1) is 11.5. The average molecular weight is 248 g/mol. The van der Waals surface area contributed by atoms with Gasteiger partial charge in [0.15, 0.2) is 0 Å². The minimum Gasteiger partial charge on any atom is -0.296 e. The van der Waals surface area contributed by atoms with E-state index in [1.807, 2.05) is 18.2 Å². The maximum Gasteiger partial charge on any atom is 0.257 e. The summed E-state index contributed by atoms with van der Waals surface area (Å²) in [6, 6.07) is 9.03.